The highest BCUT2D eigenvalue weighted by Crippen LogP contribution is 1.68. The fourth-order valence-corrected chi connectivity index (χ4v) is 1.96. The summed E-state index contributed by atoms with van der Waals surface area (Å²) in [6.07, 6.45) is 2.07. The third-order valence-corrected chi connectivity index (χ3v) is 3.89. The van der Waals surface area contributed by atoms with E-state index in [4.69, 9.17) is 4.12 Å². The Bertz CT molecular complexity index is 53.7. The van der Waals surface area contributed by atoms with Crippen LogP contribution < -0.4 is 0 Å². The largest absolute Gasteiger partial charge is 0.462 e. The van der Waals surface area contributed by atoms with E-state index < -0.39 is 0 Å². The van der Waals surface area contributed by atoms with Crippen molar-refractivity contribution in [3.63, 3.8) is 0 Å². The van der Waals surface area contributed by atoms with Gasteiger partial charge in [0, 0.05) is 0 Å². The Hall–Kier alpha value is 0.134. The molecule has 0 bridgehead atoms. The molecule has 42 valence electrons. The maximum Gasteiger partial charge on any atom is 0.170 e. The van der Waals surface area contributed by atoms with Crippen LogP contribution in [0.1, 0.15) is 6.92 Å². The molecule has 0 heterocycles. The predicted octanol–water partition coefficient (Wildman–Crippen LogP) is -0.248. The van der Waals surface area contributed by atoms with Crippen LogP contribution in [-0.4, -0.2) is 19.5 Å². The molecule has 0 N–H and O–H groups in total. The molecule has 0 rings (SSSR count). The SMILES string of the molecule is CC=C[SiH2]O[SiH2]C. The molecule has 0 aromatic heterocycles. The van der Waals surface area contributed by atoms with Gasteiger partial charge in [0.05, 0.1) is 0 Å². The van der Waals surface area contributed by atoms with Gasteiger partial charge in [0.25, 0.3) is 0 Å². The topological polar surface area (TPSA) is 9.23 Å². The summed E-state index contributed by atoms with van der Waals surface area (Å²) in [7, 11) is -0.303. The Kier molecular flexibility index (Phi) is 6.25. The molecular weight excluding hydrogens is 120 g/mol. The van der Waals surface area contributed by atoms with E-state index >= 15 is 0 Å². The van der Waals surface area contributed by atoms with E-state index in [0.717, 1.165) is 0 Å². The molecule has 0 amide bonds. The maximum absolute atomic E-state index is 5.26. The van der Waals surface area contributed by atoms with Crippen molar-refractivity contribution in [3.8, 4) is 0 Å². The standard InChI is InChI=1S/C4H12OSi2/c1-3-4-7-5-6-2/h3-4H,6-7H2,1-2H3. The zero-order valence-corrected chi connectivity index (χ0v) is 7.81. The van der Waals surface area contributed by atoms with Crippen LogP contribution in [0.4, 0.5) is 0 Å². The van der Waals surface area contributed by atoms with Crippen molar-refractivity contribution >= 4 is 19.5 Å². The second-order valence-corrected chi connectivity index (χ2v) is 4.24. The van der Waals surface area contributed by atoms with Crippen LogP contribution in [0.15, 0.2) is 11.8 Å². The molecule has 0 radical (unpaired) electrons. The molecule has 0 spiro atoms. The summed E-state index contributed by atoms with van der Waals surface area (Å²) >= 11 is 0. The van der Waals surface area contributed by atoms with Crippen LogP contribution in [0.3, 0.4) is 0 Å². The number of rotatable bonds is 3. The lowest BCUT2D eigenvalue weighted by Gasteiger charge is -1.88. The molecule has 0 saturated heterocycles. The van der Waals surface area contributed by atoms with Gasteiger partial charge in [-0.2, -0.15) is 0 Å². The molecule has 0 aromatic rings. The summed E-state index contributed by atoms with van der Waals surface area (Å²) in [5.74, 6) is 0. The van der Waals surface area contributed by atoms with Crippen molar-refractivity contribution in [2.24, 2.45) is 0 Å². The van der Waals surface area contributed by atoms with E-state index in [0.29, 0.717) is 0 Å². The first-order valence-electron chi connectivity index (χ1n) is 2.60. The molecule has 0 aliphatic rings. The molecular formula is C4H12OSi2. The van der Waals surface area contributed by atoms with Gasteiger partial charge in [-0.25, -0.2) is 0 Å². The van der Waals surface area contributed by atoms with E-state index in [9.17, 15) is 0 Å². The highest BCUT2D eigenvalue weighted by atomic mass is 28.3. The van der Waals surface area contributed by atoms with Crippen LogP contribution in [0, 0.1) is 0 Å². The smallest absolute Gasteiger partial charge is 0.170 e. The van der Waals surface area contributed by atoms with Crippen molar-refractivity contribution in [2.45, 2.75) is 13.5 Å². The molecule has 0 aliphatic heterocycles. The predicted molar refractivity (Wildman–Crippen MR) is 38.9 cm³/mol. The average molecular weight is 132 g/mol. The van der Waals surface area contributed by atoms with Gasteiger partial charge in [-0.05, 0) is 6.92 Å². The number of allylic oxidation sites excluding steroid dienone is 1. The zero-order chi connectivity index (χ0) is 5.54. The van der Waals surface area contributed by atoms with E-state index in [-0.39, 0.29) is 19.5 Å². The Labute approximate surface area is 49.7 Å². The van der Waals surface area contributed by atoms with Crippen LogP contribution in [-0.2, 0) is 4.12 Å². The van der Waals surface area contributed by atoms with Crippen LogP contribution in [0.2, 0.25) is 6.55 Å². The summed E-state index contributed by atoms with van der Waals surface area (Å²) in [5.41, 5.74) is 2.16. The van der Waals surface area contributed by atoms with Crippen LogP contribution in [0.5, 0.6) is 0 Å². The summed E-state index contributed by atoms with van der Waals surface area (Å²) in [5, 5.41) is 0. The number of hydrogen-bond donors (Lipinski definition) is 0. The van der Waals surface area contributed by atoms with E-state index in [1.54, 1.807) is 0 Å². The van der Waals surface area contributed by atoms with Crippen LogP contribution >= 0.6 is 0 Å². The van der Waals surface area contributed by atoms with Crippen molar-refractivity contribution in [3.05, 3.63) is 11.8 Å². The molecule has 7 heavy (non-hydrogen) atoms. The molecule has 0 fully saturated rings. The first-order valence-corrected chi connectivity index (χ1v) is 5.99. The van der Waals surface area contributed by atoms with Gasteiger partial charge in [-0.15, -0.1) is 0 Å². The normalized spacial score (nSPS) is 14.0. The first-order chi connectivity index (χ1) is 3.41. The van der Waals surface area contributed by atoms with Gasteiger partial charge in [-0.3, -0.25) is 0 Å². The Morgan fingerprint density at radius 1 is 1.57 bits per heavy atom. The van der Waals surface area contributed by atoms with Crippen molar-refractivity contribution in [2.75, 3.05) is 0 Å². The molecule has 0 atom stereocenters. The van der Waals surface area contributed by atoms with Gasteiger partial charge in [0.1, 0.15) is 9.76 Å². The van der Waals surface area contributed by atoms with Crippen molar-refractivity contribution in [1.82, 2.24) is 0 Å². The van der Waals surface area contributed by atoms with Gasteiger partial charge in [-0.1, -0.05) is 18.3 Å². The van der Waals surface area contributed by atoms with Crippen LogP contribution in [0.25, 0.3) is 0 Å². The third kappa shape index (κ3) is 6.13. The Morgan fingerprint density at radius 3 is 2.71 bits per heavy atom. The lowest BCUT2D eigenvalue weighted by Crippen LogP contribution is -1.95. The summed E-state index contributed by atoms with van der Waals surface area (Å²) in [6.45, 7) is 4.20. The minimum absolute atomic E-state index is 0.0958. The Morgan fingerprint density at radius 2 is 2.29 bits per heavy atom. The molecule has 0 saturated carbocycles. The van der Waals surface area contributed by atoms with Gasteiger partial charge in [0.15, 0.2) is 9.76 Å². The minimum atomic E-state index is -0.208. The zero-order valence-electron chi connectivity index (χ0n) is 4.98. The van der Waals surface area contributed by atoms with Gasteiger partial charge in [0.2, 0.25) is 0 Å². The Balaban J connectivity index is 2.69. The molecule has 0 aromatic carbocycles. The van der Waals surface area contributed by atoms with Crippen molar-refractivity contribution in [1.29, 1.82) is 0 Å². The minimum Gasteiger partial charge on any atom is -0.462 e. The average Bonchev–Trinajstić information content (AvgIpc) is 1.69. The molecule has 0 unspecified atom stereocenters. The van der Waals surface area contributed by atoms with E-state index in [2.05, 4.69) is 18.3 Å². The van der Waals surface area contributed by atoms with Gasteiger partial charge < -0.3 is 4.12 Å². The molecule has 0 aliphatic carbocycles. The molecule has 1 nitrogen and oxygen atoms in total. The first kappa shape index (κ1) is 7.13. The van der Waals surface area contributed by atoms with E-state index in [1.165, 1.54) is 0 Å². The quantitative estimate of drug-likeness (QED) is 0.380. The second-order valence-electron chi connectivity index (χ2n) is 1.23. The monoisotopic (exact) mass is 132 g/mol. The fourth-order valence-electron chi connectivity index (χ4n) is 0.282. The number of hydrogen-bond acceptors (Lipinski definition) is 1. The summed E-state index contributed by atoms with van der Waals surface area (Å²) in [6, 6.07) is 0. The highest BCUT2D eigenvalue weighted by Gasteiger charge is 1.72. The lowest BCUT2D eigenvalue weighted by atomic mass is 10.8. The summed E-state index contributed by atoms with van der Waals surface area (Å²) in [4.78, 5) is 0. The van der Waals surface area contributed by atoms with Crippen molar-refractivity contribution < 1.29 is 4.12 Å². The van der Waals surface area contributed by atoms with Gasteiger partial charge >= 0.3 is 0 Å². The highest BCUT2D eigenvalue weighted by molar-refractivity contribution is 6.45. The second kappa shape index (κ2) is 6.13. The third-order valence-electron chi connectivity index (χ3n) is 0.654. The van der Waals surface area contributed by atoms with E-state index in [1.807, 2.05) is 6.92 Å². The molecule has 3 heteroatoms. The fraction of sp³-hybridized carbons (Fsp3) is 0.500. The maximum atomic E-state index is 5.26. The summed E-state index contributed by atoms with van der Waals surface area (Å²) < 4.78 is 5.26. The lowest BCUT2D eigenvalue weighted by molar-refractivity contribution is 0.656.